The summed E-state index contributed by atoms with van der Waals surface area (Å²) in [5, 5.41) is 10.0. The van der Waals surface area contributed by atoms with Crippen LogP contribution in [0.1, 0.15) is 69.0 Å². The van der Waals surface area contributed by atoms with Gasteiger partial charge in [0.1, 0.15) is 5.65 Å². The zero-order valence-corrected chi connectivity index (χ0v) is 17.1. The first-order valence-electron chi connectivity index (χ1n) is 11.1. The van der Waals surface area contributed by atoms with Crippen molar-refractivity contribution in [3.8, 4) is 0 Å². The lowest BCUT2D eigenvalue weighted by Gasteiger charge is -2.30. The second-order valence-electron chi connectivity index (χ2n) is 8.58. The molecule has 0 aromatic carbocycles. The first-order chi connectivity index (χ1) is 14.1. The van der Waals surface area contributed by atoms with Gasteiger partial charge in [-0.25, -0.2) is 4.98 Å². The summed E-state index contributed by atoms with van der Waals surface area (Å²) in [5.41, 5.74) is 3.69. The minimum absolute atomic E-state index is 0.138. The van der Waals surface area contributed by atoms with Gasteiger partial charge in [-0.05, 0) is 55.7 Å². The van der Waals surface area contributed by atoms with Crippen LogP contribution < -0.4 is 0 Å². The Morgan fingerprint density at radius 2 is 1.93 bits per heavy atom. The van der Waals surface area contributed by atoms with Crippen LogP contribution in [0.25, 0.3) is 11.0 Å². The normalized spacial score (nSPS) is 17.4. The molecule has 1 N–H and O–H groups in total. The van der Waals surface area contributed by atoms with E-state index in [0.29, 0.717) is 31.7 Å². The fourth-order valence-corrected chi connectivity index (χ4v) is 5.01. The monoisotopic (exact) mass is 397 g/mol. The van der Waals surface area contributed by atoms with Gasteiger partial charge in [0.25, 0.3) is 0 Å². The largest absolute Gasteiger partial charge is 0.481 e. The Bertz CT molecular complexity index is 883. The van der Waals surface area contributed by atoms with E-state index in [1.54, 1.807) is 0 Å². The molecule has 0 radical (unpaired) electrons. The van der Waals surface area contributed by atoms with Gasteiger partial charge < -0.3 is 14.6 Å². The number of carboxylic acid groups (broad SMARTS) is 1. The fraction of sp³-hybridized carbons (Fsp3) is 0.609. The average Bonchev–Trinajstić information content (AvgIpc) is 3.05. The van der Waals surface area contributed by atoms with E-state index in [-0.39, 0.29) is 12.3 Å². The third kappa shape index (κ3) is 4.46. The molecule has 6 nitrogen and oxygen atoms in total. The van der Waals surface area contributed by atoms with E-state index in [9.17, 15) is 9.59 Å². The Morgan fingerprint density at radius 1 is 1.14 bits per heavy atom. The lowest BCUT2D eigenvalue weighted by Crippen LogP contribution is -2.36. The van der Waals surface area contributed by atoms with Gasteiger partial charge in [-0.3, -0.25) is 9.59 Å². The minimum atomic E-state index is -0.792. The van der Waals surface area contributed by atoms with Crippen LogP contribution in [-0.4, -0.2) is 38.0 Å². The predicted molar refractivity (Wildman–Crippen MR) is 112 cm³/mol. The van der Waals surface area contributed by atoms with Gasteiger partial charge in [-0.1, -0.05) is 19.3 Å². The maximum atomic E-state index is 12.7. The first kappa shape index (κ1) is 19.9. The molecule has 29 heavy (non-hydrogen) atoms. The molecule has 2 aromatic heterocycles. The predicted octanol–water partition coefficient (Wildman–Crippen LogP) is 4.15. The number of aromatic nitrogens is 2. The van der Waals surface area contributed by atoms with E-state index in [1.165, 1.54) is 48.7 Å². The van der Waals surface area contributed by atoms with E-state index < -0.39 is 5.97 Å². The highest BCUT2D eigenvalue weighted by atomic mass is 16.4. The van der Waals surface area contributed by atoms with E-state index in [4.69, 9.17) is 10.1 Å². The van der Waals surface area contributed by atoms with Crippen molar-refractivity contribution in [2.45, 2.75) is 77.3 Å². The first-order valence-corrected chi connectivity index (χ1v) is 11.1. The van der Waals surface area contributed by atoms with Gasteiger partial charge in [-0.2, -0.15) is 0 Å². The Balaban J connectivity index is 1.51. The molecule has 1 saturated carbocycles. The van der Waals surface area contributed by atoms with Crippen molar-refractivity contribution >= 4 is 22.9 Å². The summed E-state index contributed by atoms with van der Waals surface area (Å²) in [6.45, 7) is 2.39. The molecule has 6 heteroatoms. The standard InChI is InChI=1S/C23H31N3O3/c27-21(10-4-5-11-22(28)29)25-14-12-18-19-9-6-13-24-23(19)26(20(18)16-25)15-17-7-2-1-3-8-17/h6,9,13,17H,1-5,7-8,10-12,14-16H2,(H,28,29). The molecule has 2 aliphatic rings. The smallest absolute Gasteiger partial charge is 0.303 e. The van der Waals surface area contributed by atoms with Crippen molar-refractivity contribution < 1.29 is 14.7 Å². The summed E-state index contributed by atoms with van der Waals surface area (Å²) >= 11 is 0. The Kier molecular flexibility index (Phi) is 6.16. The second kappa shape index (κ2) is 8.97. The van der Waals surface area contributed by atoms with Crippen LogP contribution in [0, 0.1) is 5.92 Å². The van der Waals surface area contributed by atoms with Gasteiger partial charge in [0.05, 0.1) is 6.54 Å². The number of fused-ring (bicyclic) bond motifs is 3. The number of carbonyl (C=O) groups excluding carboxylic acids is 1. The van der Waals surface area contributed by atoms with Crippen LogP contribution in [-0.2, 0) is 29.1 Å². The van der Waals surface area contributed by atoms with Crippen molar-refractivity contribution in [3.05, 3.63) is 29.6 Å². The molecule has 0 bridgehead atoms. The number of unbranched alkanes of at least 4 members (excludes halogenated alkanes) is 1. The molecule has 4 rings (SSSR count). The van der Waals surface area contributed by atoms with E-state index in [1.807, 2.05) is 17.2 Å². The van der Waals surface area contributed by atoms with Gasteiger partial charge in [0.15, 0.2) is 0 Å². The molecule has 0 unspecified atom stereocenters. The molecule has 156 valence electrons. The van der Waals surface area contributed by atoms with Crippen LogP contribution >= 0.6 is 0 Å². The molecule has 1 amide bonds. The number of hydrogen-bond donors (Lipinski definition) is 1. The SMILES string of the molecule is O=C(O)CCCCC(=O)N1CCc2c(n(CC3CCCCC3)c3ncccc23)C1. The zero-order chi connectivity index (χ0) is 20.2. The maximum Gasteiger partial charge on any atom is 0.303 e. The summed E-state index contributed by atoms with van der Waals surface area (Å²) in [6, 6.07) is 4.18. The van der Waals surface area contributed by atoms with Crippen LogP contribution in [0.4, 0.5) is 0 Å². The Labute approximate surface area is 171 Å². The maximum absolute atomic E-state index is 12.7. The topological polar surface area (TPSA) is 75.4 Å². The Hall–Kier alpha value is -2.37. The van der Waals surface area contributed by atoms with E-state index >= 15 is 0 Å². The number of carboxylic acids is 1. The summed E-state index contributed by atoms with van der Waals surface area (Å²) in [7, 11) is 0. The molecule has 1 fully saturated rings. The lowest BCUT2D eigenvalue weighted by atomic mass is 9.89. The van der Waals surface area contributed by atoms with Crippen molar-refractivity contribution in [1.82, 2.24) is 14.5 Å². The summed E-state index contributed by atoms with van der Waals surface area (Å²) in [4.78, 5) is 30.0. The highest BCUT2D eigenvalue weighted by Gasteiger charge is 2.28. The molecule has 1 aliphatic heterocycles. The fourth-order valence-electron chi connectivity index (χ4n) is 5.01. The quantitative estimate of drug-likeness (QED) is 0.712. The van der Waals surface area contributed by atoms with Crippen LogP contribution in [0.15, 0.2) is 18.3 Å². The average molecular weight is 398 g/mol. The summed E-state index contributed by atoms with van der Waals surface area (Å²) in [5.74, 6) is 0.0517. The summed E-state index contributed by atoms with van der Waals surface area (Å²) in [6.07, 6.45) is 11.1. The van der Waals surface area contributed by atoms with Crippen LogP contribution in [0.5, 0.6) is 0 Å². The number of nitrogens with zero attached hydrogens (tertiary/aromatic N) is 3. The van der Waals surface area contributed by atoms with Gasteiger partial charge in [0, 0.05) is 43.2 Å². The molecule has 1 aliphatic carbocycles. The highest BCUT2D eigenvalue weighted by Crippen LogP contribution is 2.33. The zero-order valence-electron chi connectivity index (χ0n) is 17.1. The number of rotatable bonds is 7. The third-order valence-corrected chi connectivity index (χ3v) is 6.56. The van der Waals surface area contributed by atoms with Crippen molar-refractivity contribution in [2.75, 3.05) is 6.54 Å². The van der Waals surface area contributed by atoms with Gasteiger partial charge in [0.2, 0.25) is 5.91 Å². The molecule has 3 heterocycles. The number of pyridine rings is 1. The summed E-state index contributed by atoms with van der Waals surface area (Å²) < 4.78 is 2.39. The van der Waals surface area contributed by atoms with Crippen molar-refractivity contribution in [1.29, 1.82) is 0 Å². The molecule has 0 saturated heterocycles. The number of amides is 1. The molecule has 0 atom stereocenters. The number of hydrogen-bond acceptors (Lipinski definition) is 3. The molecular weight excluding hydrogens is 366 g/mol. The van der Waals surface area contributed by atoms with Crippen molar-refractivity contribution in [2.24, 2.45) is 5.92 Å². The third-order valence-electron chi connectivity index (χ3n) is 6.56. The second-order valence-corrected chi connectivity index (χ2v) is 8.58. The lowest BCUT2D eigenvalue weighted by molar-refractivity contribution is -0.137. The van der Waals surface area contributed by atoms with Crippen LogP contribution in [0.2, 0.25) is 0 Å². The molecule has 0 spiro atoms. The number of carbonyl (C=O) groups is 2. The van der Waals surface area contributed by atoms with Gasteiger partial charge >= 0.3 is 5.97 Å². The van der Waals surface area contributed by atoms with Gasteiger partial charge in [-0.15, -0.1) is 0 Å². The Morgan fingerprint density at radius 3 is 2.72 bits per heavy atom. The van der Waals surface area contributed by atoms with E-state index in [0.717, 1.165) is 25.2 Å². The number of aliphatic carboxylic acids is 1. The van der Waals surface area contributed by atoms with Crippen LogP contribution in [0.3, 0.4) is 0 Å². The molecule has 2 aromatic rings. The highest BCUT2D eigenvalue weighted by molar-refractivity contribution is 5.83. The minimum Gasteiger partial charge on any atom is -0.481 e. The molecular formula is C23H31N3O3. The van der Waals surface area contributed by atoms with Crippen molar-refractivity contribution in [3.63, 3.8) is 0 Å². The van der Waals surface area contributed by atoms with E-state index in [2.05, 4.69) is 10.6 Å².